The minimum absolute atomic E-state index is 0.0306. The molecule has 0 saturated carbocycles. The number of ether oxygens (including phenoxy) is 1. The Morgan fingerprint density at radius 2 is 1.81 bits per heavy atom. The molecule has 4 rings (SSSR count). The van der Waals surface area contributed by atoms with Crippen LogP contribution in [0.25, 0.3) is 0 Å². The molecule has 0 atom stereocenters. The molecule has 7 heteroatoms. The van der Waals surface area contributed by atoms with E-state index in [0.29, 0.717) is 23.8 Å². The van der Waals surface area contributed by atoms with Gasteiger partial charge >= 0.3 is 0 Å². The number of carbonyl (C=O) groups is 1. The zero-order chi connectivity index (χ0) is 21.8. The zero-order valence-corrected chi connectivity index (χ0v) is 18.7. The first-order chi connectivity index (χ1) is 15.0. The standard InChI is InChI=1S/C24H27ClN4O2/c1-18-5-3-4-6-20(18)16-27-11-13-28(14-12-27)24(30)22-9-10-29(26-22)17-31-23-8-7-21(25)15-19(23)2/h3-10,15H,11-14,16-17H2,1-2H3. The third kappa shape index (κ3) is 5.27. The Morgan fingerprint density at radius 1 is 1.03 bits per heavy atom. The molecular weight excluding hydrogens is 412 g/mol. The number of nitrogens with zero attached hydrogens (tertiary/aromatic N) is 4. The quantitative estimate of drug-likeness (QED) is 0.580. The van der Waals surface area contributed by atoms with Crippen LogP contribution in [0.1, 0.15) is 27.2 Å². The summed E-state index contributed by atoms with van der Waals surface area (Å²) in [5.74, 6) is 0.717. The minimum Gasteiger partial charge on any atom is -0.471 e. The molecular formula is C24H27ClN4O2. The normalized spacial score (nSPS) is 14.6. The van der Waals surface area contributed by atoms with Crippen molar-refractivity contribution in [3.8, 4) is 5.75 Å². The summed E-state index contributed by atoms with van der Waals surface area (Å²) in [6.07, 6.45) is 1.77. The maximum Gasteiger partial charge on any atom is 0.274 e. The van der Waals surface area contributed by atoms with E-state index in [4.69, 9.17) is 16.3 Å². The molecule has 31 heavy (non-hydrogen) atoms. The van der Waals surface area contributed by atoms with Crippen molar-refractivity contribution in [2.24, 2.45) is 0 Å². The number of benzene rings is 2. The Morgan fingerprint density at radius 3 is 2.55 bits per heavy atom. The SMILES string of the molecule is Cc1ccccc1CN1CCN(C(=O)c2ccn(COc3ccc(Cl)cc3C)n2)CC1. The van der Waals surface area contributed by atoms with E-state index in [-0.39, 0.29) is 12.6 Å². The first-order valence-electron chi connectivity index (χ1n) is 10.5. The van der Waals surface area contributed by atoms with E-state index in [1.165, 1.54) is 11.1 Å². The van der Waals surface area contributed by atoms with Crippen LogP contribution in [-0.2, 0) is 13.3 Å². The number of aromatic nitrogens is 2. The molecule has 3 aromatic rings. The van der Waals surface area contributed by atoms with Crippen LogP contribution in [0.5, 0.6) is 5.75 Å². The van der Waals surface area contributed by atoms with Crippen molar-refractivity contribution in [1.29, 1.82) is 0 Å². The predicted octanol–water partition coefficient (Wildman–Crippen LogP) is 4.15. The summed E-state index contributed by atoms with van der Waals surface area (Å²) < 4.78 is 7.44. The van der Waals surface area contributed by atoms with Gasteiger partial charge in [0.05, 0.1) is 0 Å². The Hall–Kier alpha value is -2.83. The summed E-state index contributed by atoms with van der Waals surface area (Å²) >= 11 is 5.98. The molecule has 0 bridgehead atoms. The maximum atomic E-state index is 12.9. The molecule has 0 N–H and O–H groups in total. The van der Waals surface area contributed by atoms with Crippen molar-refractivity contribution in [2.45, 2.75) is 27.1 Å². The zero-order valence-electron chi connectivity index (χ0n) is 17.9. The molecule has 1 aliphatic heterocycles. The first-order valence-corrected chi connectivity index (χ1v) is 10.9. The van der Waals surface area contributed by atoms with Crippen molar-refractivity contribution >= 4 is 17.5 Å². The van der Waals surface area contributed by atoms with Crippen molar-refractivity contribution in [3.63, 3.8) is 0 Å². The number of amides is 1. The third-order valence-electron chi connectivity index (χ3n) is 5.66. The highest BCUT2D eigenvalue weighted by Crippen LogP contribution is 2.22. The third-order valence-corrected chi connectivity index (χ3v) is 5.90. The molecule has 2 aromatic carbocycles. The lowest BCUT2D eigenvalue weighted by atomic mass is 10.1. The predicted molar refractivity (Wildman–Crippen MR) is 121 cm³/mol. The van der Waals surface area contributed by atoms with E-state index < -0.39 is 0 Å². The Kier molecular flexibility index (Phi) is 6.59. The number of piperazine rings is 1. The van der Waals surface area contributed by atoms with E-state index in [1.807, 2.05) is 24.0 Å². The van der Waals surface area contributed by atoms with E-state index in [9.17, 15) is 4.79 Å². The number of hydrogen-bond donors (Lipinski definition) is 0. The molecule has 6 nitrogen and oxygen atoms in total. The highest BCUT2D eigenvalue weighted by molar-refractivity contribution is 6.30. The summed E-state index contributed by atoms with van der Waals surface area (Å²) in [7, 11) is 0. The second kappa shape index (κ2) is 9.54. The average molecular weight is 439 g/mol. The number of rotatable bonds is 6. The van der Waals surface area contributed by atoms with Gasteiger partial charge in [-0.05, 0) is 54.8 Å². The highest BCUT2D eigenvalue weighted by Gasteiger charge is 2.24. The van der Waals surface area contributed by atoms with Gasteiger partial charge in [0.1, 0.15) is 5.75 Å². The number of aryl methyl sites for hydroxylation is 2. The van der Waals surface area contributed by atoms with Gasteiger partial charge in [-0.2, -0.15) is 5.10 Å². The van der Waals surface area contributed by atoms with Crippen molar-refractivity contribution in [1.82, 2.24) is 19.6 Å². The highest BCUT2D eigenvalue weighted by atomic mass is 35.5. The van der Waals surface area contributed by atoms with Crippen LogP contribution in [0.3, 0.4) is 0 Å². The second-order valence-corrected chi connectivity index (χ2v) is 8.35. The van der Waals surface area contributed by atoms with Gasteiger partial charge in [0.15, 0.2) is 12.4 Å². The van der Waals surface area contributed by atoms with Crippen LogP contribution in [0.2, 0.25) is 5.02 Å². The van der Waals surface area contributed by atoms with Crippen molar-refractivity contribution in [2.75, 3.05) is 26.2 Å². The maximum absolute atomic E-state index is 12.9. The number of hydrogen-bond acceptors (Lipinski definition) is 4. The van der Waals surface area contributed by atoms with E-state index in [1.54, 1.807) is 23.0 Å². The van der Waals surface area contributed by atoms with Gasteiger partial charge in [0, 0.05) is 43.9 Å². The molecule has 0 aliphatic carbocycles. The topological polar surface area (TPSA) is 50.6 Å². The van der Waals surface area contributed by atoms with Crippen LogP contribution in [0, 0.1) is 13.8 Å². The monoisotopic (exact) mass is 438 g/mol. The fourth-order valence-corrected chi connectivity index (χ4v) is 3.98. The largest absolute Gasteiger partial charge is 0.471 e. The fraction of sp³-hybridized carbons (Fsp3) is 0.333. The van der Waals surface area contributed by atoms with Crippen molar-refractivity contribution < 1.29 is 9.53 Å². The van der Waals surface area contributed by atoms with Gasteiger partial charge < -0.3 is 9.64 Å². The van der Waals surface area contributed by atoms with Crippen LogP contribution in [0.4, 0.5) is 0 Å². The molecule has 1 amide bonds. The lowest BCUT2D eigenvalue weighted by Gasteiger charge is -2.34. The molecule has 1 fully saturated rings. The summed E-state index contributed by atoms with van der Waals surface area (Å²) in [4.78, 5) is 17.2. The molecule has 0 spiro atoms. The Labute approximate surface area is 188 Å². The van der Waals surface area contributed by atoms with Gasteiger partial charge in [-0.15, -0.1) is 0 Å². The summed E-state index contributed by atoms with van der Waals surface area (Å²) in [6, 6.07) is 15.7. The molecule has 0 unspecified atom stereocenters. The van der Waals surface area contributed by atoms with Crippen LogP contribution >= 0.6 is 11.6 Å². The fourth-order valence-electron chi connectivity index (χ4n) is 3.76. The molecule has 162 valence electrons. The van der Waals surface area contributed by atoms with Gasteiger partial charge in [-0.1, -0.05) is 35.9 Å². The summed E-state index contributed by atoms with van der Waals surface area (Å²) in [6.45, 7) is 8.38. The number of halogens is 1. The van der Waals surface area contributed by atoms with E-state index >= 15 is 0 Å². The van der Waals surface area contributed by atoms with Gasteiger partial charge in [-0.25, -0.2) is 4.68 Å². The lowest BCUT2D eigenvalue weighted by molar-refractivity contribution is 0.0620. The molecule has 1 aromatic heterocycles. The minimum atomic E-state index is -0.0306. The molecule has 1 aliphatic rings. The van der Waals surface area contributed by atoms with Crippen LogP contribution in [0.15, 0.2) is 54.7 Å². The lowest BCUT2D eigenvalue weighted by Crippen LogP contribution is -2.48. The Balaban J connectivity index is 1.29. The van der Waals surface area contributed by atoms with E-state index in [0.717, 1.165) is 30.9 Å². The van der Waals surface area contributed by atoms with E-state index in [2.05, 4.69) is 41.2 Å². The average Bonchev–Trinajstić information content (AvgIpc) is 3.24. The second-order valence-electron chi connectivity index (χ2n) is 7.92. The molecule has 2 heterocycles. The van der Waals surface area contributed by atoms with Crippen LogP contribution < -0.4 is 4.74 Å². The van der Waals surface area contributed by atoms with Gasteiger partial charge in [-0.3, -0.25) is 9.69 Å². The molecule has 1 saturated heterocycles. The first kappa shape index (κ1) is 21.4. The van der Waals surface area contributed by atoms with Gasteiger partial charge in [0.25, 0.3) is 5.91 Å². The van der Waals surface area contributed by atoms with Crippen molar-refractivity contribution in [3.05, 3.63) is 82.1 Å². The summed E-state index contributed by atoms with van der Waals surface area (Å²) in [5, 5.41) is 5.08. The van der Waals surface area contributed by atoms with Gasteiger partial charge in [0.2, 0.25) is 0 Å². The Bertz CT molecular complexity index is 1060. The number of carbonyl (C=O) groups excluding carboxylic acids is 1. The molecule has 0 radical (unpaired) electrons. The smallest absolute Gasteiger partial charge is 0.274 e. The van der Waals surface area contributed by atoms with Crippen LogP contribution in [-0.4, -0.2) is 51.7 Å². The summed E-state index contributed by atoms with van der Waals surface area (Å²) in [5.41, 5.74) is 4.06.